The number of ether oxygens (including phenoxy) is 5. The number of hydrogen-bond acceptors (Lipinski definition) is 14. The molecule has 62 heavy (non-hydrogen) atoms. The first kappa shape index (κ1) is 44.3. The lowest BCUT2D eigenvalue weighted by Gasteiger charge is -2.67. The molecular formula is C47H51NO14. The van der Waals surface area contributed by atoms with Crippen LogP contribution in [-0.4, -0.2) is 105 Å². The van der Waals surface area contributed by atoms with Gasteiger partial charge in [0.05, 0.1) is 30.2 Å². The zero-order chi connectivity index (χ0) is 44.9. The van der Waals surface area contributed by atoms with Crippen LogP contribution in [0.1, 0.15) is 86.7 Å². The van der Waals surface area contributed by atoms with Crippen molar-refractivity contribution in [3.63, 3.8) is 0 Å². The molecule has 15 heteroatoms. The van der Waals surface area contributed by atoms with Crippen molar-refractivity contribution >= 4 is 35.6 Å². The summed E-state index contributed by atoms with van der Waals surface area (Å²) >= 11 is 0. The molecule has 2 bridgehead atoms. The molecule has 3 aromatic rings. The van der Waals surface area contributed by atoms with Crippen molar-refractivity contribution in [2.45, 2.75) is 108 Å². The van der Waals surface area contributed by atoms with Gasteiger partial charge in [-0.05, 0) is 54.3 Å². The third-order valence-corrected chi connectivity index (χ3v) is 13.3. The van der Waals surface area contributed by atoms with Crippen LogP contribution in [0, 0.1) is 16.7 Å². The van der Waals surface area contributed by atoms with Crippen molar-refractivity contribution in [1.29, 1.82) is 0 Å². The van der Waals surface area contributed by atoms with E-state index in [-0.39, 0.29) is 35.3 Å². The Hall–Kier alpha value is -5.74. The lowest BCUT2D eigenvalue weighted by Crippen LogP contribution is -2.82. The summed E-state index contributed by atoms with van der Waals surface area (Å²) in [7, 11) is 0. The highest BCUT2D eigenvalue weighted by Gasteiger charge is 2.78. The highest BCUT2D eigenvalue weighted by Crippen LogP contribution is 2.64. The number of ketones is 1. The number of nitrogens with one attached hydrogen (secondary N) is 1. The highest BCUT2D eigenvalue weighted by molar-refractivity contribution is 5.96. The SMILES string of the molecule is CC(=O)O[C@H]1C(=O)[C@]2(C)C[C@H](O)[C@H]3OC[C@@]3(OC(C)=O)C2C(OC(=O)c2ccccc2)[C@]2(O)C[C@H](OC(=O)[C@H](O)[C@@H](NC(=O)c3ccccc3)c3ccccc3)C(C)=C1C2(C)C. The Morgan fingerprint density at radius 1 is 0.806 bits per heavy atom. The molecule has 328 valence electrons. The number of aliphatic hydroxyl groups is 3. The normalized spacial score (nSPS) is 31.9. The summed E-state index contributed by atoms with van der Waals surface area (Å²) in [5, 5.41) is 39.8. The monoisotopic (exact) mass is 853 g/mol. The van der Waals surface area contributed by atoms with E-state index in [0.29, 0.717) is 5.56 Å². The number of benzene rings is 3. The first-order chi connectivity index (χ1) is 29.3. The van der Waals surface area contributed by atoms with Gasteiger partial charge in [-0.15, -0.1) is 0 Å². The number of esters is 4. The lowest BCUT2D eigenvalue weighted by atomic mass is 9.45. The molecule has 3 aliphatic carbocycles. The average molecular weight is 854 g/mol. The van der Waals surface area contributed by atoms with Gasteiger partial charge < -0.3 is 44.3 Å². The van der Waals surface area contributed by atoms with Gasteiger partial charge in [0.15, 0.2) is 23.6 Å². The summed E-state index contributed by atoms with van der Waals surface area (Å²) < 4.78 is 30.2. The Labute approximate surface area is 358 Å². The second-order valence-corrected chi connectivity index (χ2v) is 17.4. The van der Waals surface area contributed by atoms with Crippen LogP contribution in [0.5, 0.6) is 0 Å². The Morgan fingerprint density at radius 3 is 1.94 bits per heavy atom. The van der Waals surface area contributed by atoms with E-state index in [4.69, 9.17) is 23.7 Å². The van der Waals surface area contributed by atoms with Gasteiger partial charge in [0, 0.05) is 36.7 Å². The van der Waals surface area contributed by atoms with E-state index < -0.39 is 113 Å². The number of Topliss-reactive ketones (excluding diaryl/α,β-unsaturated/α-hetero) is 1. The van der Waals surface area contributed by atoms with Crippen LogP contribution < -0.4 is 5.32 Å². The predicted molar refractivity (Wildman–Crippen MR) is 218 cm³/mol. The maximum atomic E-state index is 15.5. The van der Waals surface area contributed by atoms with E-state index in [2.05, 4.69) is 5.32 Å². The molecule has 2 saturated carbocycles. The zero-order valence-electron chi connectivity index (χ0n) is 35.2. The van der Waals surface area contributed by atoms with Gasteiger partial charge in [-0.1, -0.05) is 87.5 Å². The van der Waals surface area contributed by atoms with Crippen LogP contribution in [0.3, 0.4) is 0 Å². The topological polar surface area (TPSA) is 221 Å². The summed E-state index contributed by atoms with van der Waals surface area (Å²) in [6.45, 7) is 8.04. The molecule has 3 fully saturated rings. The van der Waals surface area contributed by atoms with Gasteiger partial charge >= 0.3 is 23.9 Å². The Morgan fingerprint density at radius 2 is 1.39 bits per heavy atom. The fourth-order valence-electron chi connectivity index (χ4n) is 10.3. The highest BCUT2D eigenvalue weighted by atomic mass is 16.6. The number of hydrogen-bond donors (Lipinski definition) is 4. The first-order valence-electron chi connectivity index (χ1n) is 20.5. The van der Waals surface area contributed by atoms with Gasteiger partial charge in [-0.3, -0.25) is 19.2 Å². The molecule has 1 amide bonds. The molecule has 1 saturated heterocycles. The Balaban J connectivity index is 1.38. The molecule has 11 atom stereocenters. The molecule has 0 spiro atoms. The summed E-state index contributed by atoms with van der Waals surface area (Å²) in [5.41, 5.74) is -6.79. The number of carbonyl (C=O) groups excluding carboxylic acids is 6. The number of carbonyl (C=O) groups is 6. The lowest BCUT2D eigenvalue weighted by molar-refractivity contribution is -0.352. The second kappa shape index (κ2) is 16.5. The molecule has 4 N–H and O–H groups in total. The fraction of sp³-hybridized carbons (Fsp3) is 0.447. The van der Waals surface area contributed by atoms with E-state index in [1.54, 1.807) is 92.7 Å². The number of rotatable bonds is 10. The molecule has 1 heterocycles. The smallest absolute Gasteiger partial charge is 0.338 e. The van der Waals surface area contributed by atoms with Crippen LogP contribution in [0.4, 0.5) is 0 Å². The van der Waals surface area contributed by atoms with E-state index in [1.165, 1.54) is 26.0 Å². The summed E-state index contributed by atoms with van der Waals surface area (Å²) in [4.78, 5) is 83.4. The standard InChI is InChI=1S/C47H51NO14/c1-25-32(60-43(56)35(52)34(28-16-10-7-11-17-28)48-41(54)29-18-12-8-13-19-29)23-47(57)40(61-42(55)30-20-14-9-15-21-30)37-45(6,22-31(51)39-46(37,24-58-39)62-27(3)50)38(53)36(59-26(2)49)33(25)44(47,4)5/h7-21,31-32,34-37,39-40,51-52,57H,22-24H2,1-6H3,(H,48,54)/t31-,32-,34-,35+,36+,37?,39+,40?,45+,46+,47+/m0/s1. The van der Waals surface area contributed by atoms with Crippen molar-refractivity contribution in [2.75, 3.05) is 6.61 Å². The van der Waals surface area contributed by atoms with Gasteiger partial charge in [0.2, 0.25) is 0 Å². The average Bonchev–Trinajstić information content (AvgIpc) is 3.22. The van der Waals surface area contributed by atoms with Crippen molar-refractivity contribution < 1.29 is 67.8 Å². The Bertz CT molecular complexity index is 2280. The molecular weight excluding hydrogens is 803 g/mol. The second-order valence-electron chi connectivity index (χ2n) is 17.4. The molecule has 15 nitrogen and oxygen atoms in total. The number of aliphatic hydroxyl groups excluding tert-OH is 2. The largest absolute Gasteiger partial charge is 0.456 e. The van der Waals surface area contributed by atoms with Gasteiger partial charge in [0.1, 0.15) is 23.9 Å². The predicted octanol–water partition coefficient (Wildman–Crippen LogP) is 3.74. The van der Waals surface area contributed by atoms with Gasteiger partial charge in [-0.25, -0.2) is 9.59 Å². The van der Waals surface area contributed by atoms with Crippen LogP contribution in [0.25, 0.3) is 0 Å². The number of fused-ring (bicyclic) bond motifs is 5. The maximum absolute atomic E-state index is 15.5. The molecule has 0 radical (unpaired) electrons. The van der Waals surface area contributed by atoms with Crippen LogP contribution >= 0.6 is 0 Å². The van der Waals surface area contributed by atoms with Gasteiger partial charge in [0.25, 0.3) is 5.91 Å². The minimum absolute atomic E-state index is 0.0270. The minimum atomic E-state index is -2.36. The van der Waals surface area contributed by atoms with E-state index in [1.807, 2.05) is 0 Å². The van der Waals surface area contributed by atoms with Crippen molar-refractivity contribution in [3.05, 3.63) is 119 Å². The van der Waals surface area contributed by atoms with E-state index >= 15 is 4.79 Å². The third-order valence-electron chi connectivity index (χ3n) is 13.3. The summed E-state index contributed by atoms with van der Waals surface area (Å²) in [6.07, 6.45) is -10.5. The zero-order valence-corrected chi connectivity index (χ0v) is 35.2. The minimum Gasteiger partial charge on any atom is -0.456 e. The van der Waals surface area contributed by atoms with Crippen LogP contribution in [-0.2, 0) is 42.9 Å². The molecule has 4 aliphatic rings. The van der Waals surface area contributed by atoms with Crippen LogP contribution in [0.2, 0.25) is 0 Å². The molecule has 0 aromatic heterocycles. The first-order valence-corrected chi connectivity index (χ1v) is 20.5. The van der Waals surface area contributed by atoms with Crippen molar-refractivity contribution in [2.24, 2.45) is 16.7 Å². The third kappa shape index (κ3) is 7.40. The molecule has 1 aliphatic heterocycles. The maximum Gasteiger partial charge on any atom is 0.338 e. The van der Waals surface area contributed by atoms with Gasteiger partial charge in [-0.2, -0.15) is 0 Å². The van der Waals surface area contributed by atoms with Crippen molar-refractivity contribution in [3.8, 4) is 0 Å². The molecule has 3 aromatic carbocycles. The number of amides is 1. The van der Waals surface area contributed by atoms with E-state index in [0.717, 1.165) is 13.8 Å². The summed E-state index contributed by atoms with van der Waals surface area (Å²) in [6, 6.07) is 23.0. The van der Waals surface area contributed by atoms with Crippen molar-refractivity contribution in [1.82, 2.24) is 5.32 Å². The molecule has 2 unspecified atom stereocenters. The molecule has 7 rings (SSSR count). The summed E-state index contributed by atoms with van der Waals surface area (Å²) in [5.74, 6) is -6.64. The van der Waals surface area contributed by atoms with E-state index in [9.17, 15) is 39.3 Å². The quantitative estimate of drug-likeness (QED) is 0.130. The fourth-order valence-corrected chi connectivity index (χ4v) is 10.3. The Kier molecular flexibility index (Phi) is 11.8. The van der Waals surface area contributed by atoms with Crippen LogP contribution in [0.15, 0.2) is 102 Å².